The molecule has 0 fully saturated rings. The van der Waals surface area contributed by atoms with E-state index in [4.69, 9.17) is 5.11 Å². The summed E-state index contributed by atoms with van der Waals surface area (Å²) in [7, 11) is 0. The molecule has 2 rings (SSSR count). The fourth-order valence-electron chi connectivity index (χ4n) is 1.67. The Morgan fingerprint density at radius 2 is 2.19 bits per heavy atom. The number of carbonyl (C=O) groups excluding carboxylic acids is 1. The van der Waals surface area contributed by atoms with Crippen LogP contribution in [0.25, 0.3) is 0 Å². The van der Waals surface area contributed by atoms with Crippen LogP contribution in [0.2, 0.25) is 0 Å². The number of aliphatic hydroxyl groups is 1. The minimum absolute atomic E-state index is 0.127. The molecule has 0 spiro atoms. The number of rotatable bonds is 2. The number of nitrogens with one attached hydrogen (secondary N) is 1. The molecule has 0 atom stereocenters. The van der Waals surface area contributed by atoms with Gasteiger partial charge in [-0.1, -0.05) is 17.9 Å². The summed E-state index contributed by atoms with van der Waals surface area (Å²) in [6.45, 7) is 1.62. The van der Waals surface area contributed by atoms with Crippen molar-refractivity contribution in [1.29, 1.82) is 0 Å². The molecule has 5 heteroatoms. The zero-order chi connectivity index (χ0) is 15.2. The van der Waals surface area contributed by atoms with Crippen LogP contribution in [0.15, 0.2) is 36.5 Å². The summed E-state index contributed by atoms with van der Waals surface area (Å²) in [5.74, 6) is 4.39. The molecule has 0 saturated heterocycles. The Labute approximate surface area is 121 Å². The third-order valence-corrected chi connectivity index (χ3v) is 2.76. The number of hydrogen-bond donors (Lipinski definition) is 2. The number of nitrogens with zero attached hydrogens (tertiary/aromatic N) is 1. The van der Waals surface area contributed by atoms with Crippen LogP contribution in [-0.2, 0) is 0 Å². The van der Waals surface area contributed by atoms with Crippen LogP contribution in [-0.4, -0.2) is 22.6 Å². The fourth-order valence-corrected chi connectivity index (χ4v) is 1.67. The third-order valence-electron chi connectivity index (χ3n) is 2.76. The van der Waals surface area contributed by atoms with E-state index in [1.807, 2.05) is 13.0 Å². The highest BCUT2D eigenvalue weighted by molar-refractivity contribution is 6.03. The van der Waals surface area contributed by atoms with Crippen molar-refractivity contribution in [2.45, 2.75) is 6.92 Å². The monoisotopic (exact) mass is 284 g/mol. The van der Waals surface area contributed by atoms with Crippen molar-refractivity contribution in [3.05, 3.63) is 59.2 Å². The number of aliphatic hydroxyl groups excluding tert-OH is 1. The molecular weight excluding hydrogens is 271 g/mol. The molecule has 0 aliphatic heterocycles. The number of benzene rings is 1. The fraction of sp³-hybridized carbons (Fsp3) is 0.125. The van der Waals surface area contributed by atoms with Gasteiger partial charge in [0.25, 0.3) is 5.91 Å². The van der Waals surface area contributed by atoms with Crippen LogP contribution >= 0.6 is 0 Å². The Hall–Kier alpha value is -2.71. The molecule has 4 nitrogen and oxygen atoms in total. The molecule has 21 heavy (non-hydrogen) atoms. The van der Waals surface area contributed by atoms with E-state index in [9.17, 15) is 9.18 Å². The van der Waals surface area contributed by atoms with Gasteiger partial charge in [0.15, 0.2) is 0 Å². The lowest BCUT2D eigenvalue weighted by Gasteiger charge is -2.08. The Bertz CT molecular complexity index is 715. The lowest BCUT2D eigenvalue weighted by molar-refractivity contribution is 0.102. The largest absolute Gasteiger partial charge is 0.384 e. The van der Waals surface area contributed by atoms with Crippen molar-refractivity contribution in [3.63, 3.8) is 0 Å². The maximum Gasteiger partial charge on any atom is 0.274 e. The Kier molecular flexibility index (Phi) is 4.64. The van der Waals surface area contributed by atoms with Gasteiger partial charge in [-0.3, -0.25) is 4.79 Å². The molecule has 0 saturated carbocycles. The molecule has 1 amide bonds. The van der Waals surface area contributed by atoms with Gasteiger partial charge in [-0.2, -0.15) is 0 Å². The van der Waals surface area contributed by atoms with Crippen LogP contribution < -0.4 is 5.32 Å². The molecule has 0 unspecified atom stereocenters. The van der Waals surface area contributed by atoms with E-state index in [0.29, 0.717) is 11.3 Å². The van der Waals surface area contributed by atoms with E-state index in [1.54, 1.807) is 12.1 Å². The second-order valence-electron chi connectivity index (χ2n) is 4.31. The van der Waals surface area contributed by atoms with Crippen molar-refractivity contribution < 1.29 is 14.3 Å². The standard InChI is InChI=1S/C16H13FN2O2/c1-11-4-5-12(3-2-8-20)9-15(11)19-16(21)14-7-6-13(17)10-18-14/h4-7,9-10,20H,8H2,1H3,(H,19,21). The van der Waals surface area contributed by atoms with Gasteiger partial charge in [0.05, 0.1) is 6.20 Å². The van der Waals surface area contributed by atoms with Gasteiger partial charge in [-0.15, -0.1) is 0 Å². The van der Waals surface area contributed by atoms with Gasteiger partial charge in [-0.25, -0.2) is 9.37 Å². The van der Waals surface area contributed by atoms with E-state index in [2.05, 4.69) is 22.1 Å². The van der Waals surface area contributed by atoms with Crippen molar-refractivity contribution in [2.75, 3.05) is 11.9 Å². The molecule has 1 aromatic carbocycles. The van der Waals surface area contributed by atoms with Crippen LogP contribution in [0, 0.1) is 24.6 Å². The van der Waals surface area contributed by atoms with Gasteiger partial charge in [0.1, 0.15) is 18.1 Å². The summed E-state index contributed by atoms with van der Waals surface area (Å²) in [6, 6.07) is 7.81. The maximum atomic E-state index is 12.8. The predicted molar refractivity (Wildman–Crippen MR) is 77.3 cm³/mol. The number of halogens is 1. The lowest BCUT2D eigenvalue weighted by atomic mass is 10.1. The minimum atomic E-state index is -0.496. The summed E-state index contributed by atoms with van der Waals surface area (Å²) in [6.07, 6.45) is 0.991. The van der Waals surface area contributed by atoms with Crippen molar-refractivity contribution in [3.8, 4) is 11.8 Å². The molecule has 2 aromatic rings. The van der Waals surface area contributed by atoms with Gasteiger partial charge in [0.2, 0.25) is 0 Å². The molecule has 1 aromatic heterocycles. The summed E-state index contributed by atoms with van der Waals surface area (Å²) in [4.78, 5) is 15.8. The predicted octanol–water partition coefficient (Wildman–Crippen LogP) is 2.13. The number of hydrogen-bond acceptors (Lipinski definition) is 3. The molecule has 0 radical (unpaired) electrons. The number of aromatic nitrogens is 1. The van der Waals surface area contributed by atoms with Crippen molar-refractivity contribution >= 4 is 11.6 Å². The Morgan fingerprint density at radius 3 is 2.86 bits per heavy atom. The molecule has 1 heterocycles. The summed E-state index contributed by atoms with van der Waals surface area (Å²) >= 11 is 0. The van der Waals surface area contributed by atoms with Crippen LogP contribution in [0.5, 0.6) is 0 Å². The topological polar surface area (TPSA) is 62.2 Å². The normalized spacial score (nSPS) is 9.67. The summed E-state index contributed by atoms with van der Waals surface area (Å²) in [5.41, 5.74) is 2.26. The third kappa shape index (κ3) is 3.88. The van der Waals surface area contributed by atoms with E-state index in [1.165, 1.54) is 12.1 Å². The molecular formula is C16H13FN2O2. The highest BCUT2D eigenvalue weighted by atomic mass is 19.1. The maximum absolute atomic E-state index is 12.8. The highest BCUT2D eigenvalue weighted by Crippen LogP contribution is 2.17. The molecule has 2 N–H and O–H groups in total. The molecule has 0 aliphatic carbocycles. The zero-order valence-corrected chi connectivity index (χ0v) is 11.4. The first kappa shape index (κ1) is 14.7. The molecule has 0 bridgehead atoms. The van der Waals surface area contributed by atoms with Crippen LogP contribution in [0.1, 0.15) is 21.6 Å². The summed E-state index contributed by atoms with van der Waals surface area (Å²) in [5, 5.41) is 11.4. The highest BCUT2D eigenvalue weighted by Gasteiger charge is 2.09. The number of amides is 1. The molecule has 106 valence electrons. The van der Waals surface area contributed by atoms with Gasteiger partial charge in [0, 0.05) is 11.3 Å². The lowest BCUT2D eigenvalue weighted by Crippen LogP contribution is -2.14. The second kappa shape index (κ2) is 6.64. The first-order chi connectivity index (χ1) is 10.1. The van der Waals surface area contributed by atoms with Gasteiger partial charge in [-0.05, 0) is 36.8 Å². The second-order valence-corrected chi connectivity index (χ2v) is 4.31. The minimum Gasteiger partial charge on any atom is -0.384 e. The first-order valence-electron chi connectivity index (χ1n) is 6.23. The zero-order valence-electron chi connectivity index (χ0n) is 11.4. The van der Waals surface area contributed by atoms with Crippen LogP contribution in [0.4, 0.5) is 10.1 Å². The SMILES string of the molecule is Cc1ccc(C#CCO)cc1NC(=O)c1ccc(F)cn1. The van der Waals surface area contributed by atoms with E-state index >= 15 is 0 Å². The molecule has 0 aliphatic rings. The first-order valence-corrected chi connectivity index (χ1v) is 6.23. The quantitative estimate of drug-likeness (QED) is 0.830. The number of aryl methyl sites for hydroxylation is 1. The number of anilines is 1. The van der Waals surface area contributed by atoms with Crippen molar-refractivity contribution in [2.24, 2.45) is 0 Å². The number of pyridine rings is 1. The van der Waals surface area contributed by atoms with E-state index in [0.717, 1.165) is 11.8 Å². The smallest absolute Gasteiger partial charge is 0.274 e. The Morgan fingerprint density at radius 1 is 1.38 bits per heavy atom. The average molecular weight is 284 g/mol. The number of carbonyl (C=O) groups is 1. The van der Waals surface area contributed by atoms with Gasteiger partial charge >= 0.3 is 0 Å². The van der Waals surface area contributed by atoms with E-state index in [-0.39, 0.29) is 12.3 Å². The van der Waals surface area contributed by atoms with E-state index < -0.39 is 11.7 Å². The average Bonchev–Trinajstić information content (AvgIpc) is 2.48. The van der Waals surface area contributed by atoms with Gasteiger partial charge < -0.3 is 10.4 Å². The Balaban J connectivity index is 2.22. The van der Waals surface area contributed by atoms with Crippen LogP contribution in [0.3, 0.4) is 0 Å². The summed E-state index contributed by atoms with van der Waals surface area (Å²) < 4.78 is 12.8. The van der Waals surface area contributed by atoms with Crippen molar-refractivity contribution in [1.82, 2.24) is 4.98 Å².